The van der Waals surface area contributed by atoms with Crippen molar-refractivity contribution in [1.29, 1.82) is 5.26 Å². The van der Waals surface area contributed by atoms with Crippen LogP contribution >= 0.6 is 0 Å². The predicted octanol–water partition coefficient (Wildman–Crippen LogP) is 3.71. The third-order valence-electron chi connectivity index (χ3n) is 4.99. The standard InChI is InChI=1S/C15H23NO/c1-2-6-15(11-16)7-5-13-8-12(10-17)3-4-14(13)9-15/h10,12-14H,2-9H2,1H3/t12?,13-,14?,15+/m1/s1. The zero-order chi connectivity index (χ0) is 12.3. The number of hydrogen-bond acceptors (Lipinski definition) is 2. The molecule has 0 aromatic carbocycles. The van der Waals surface area contributed by atoms with E-state index in [1.165, 1.54) is 12.8 Å². The topological polar surface area (TPSA) is 40.9 Å². The quantitative estimate of drug-likeness (QED) is 0.697. The first-order valence-electron chi connectivity index (χ1n) is 7.09. The summed E-state index contributed by atoms with van der Waals surface area (Å²) >= 11 is 0. The molecule has 2 nitrogen and oxygen atoms in total. The Labute approximate surface area is 104 Å². The second-order valence-electron chi connectivity index (χ2n) is 6.11. The van der Waals surface area contributed by atoms with E-state index in [0.717, 1.165) is 50.7 Å². The van der Waals surface area contributed by atoms with Crippen molar-refractivity contribution in [3.63, 3.8) is 0 Å². The molecule has 0 radical (unpaired) electrons. The van der Waals surface area contributed by atoms with Crippen LogP contribution in [0.15, 0.2) is 0 Å². The molecule has 17 heavy (non-hydrogen) atoms. The summed E-state index contributed by atoms with van der Waals surface area (Å²) in [7, 11) is 0. The first-order valence-corrected chi connectivity index (χ1v) is 7.09. The third-order valence-corrected chi connectivity index (χ3v) is 4.99. The van der Waals surface area contributed by atoms with Crippen molar-refractivity contribution in [2.24, 2.45) is 23.2 Å². The van der Waals surface area contributed by atoms with Crippen LogP contribution < -0.4 is 0 Å². The number of aldehydes is 1. The Morgan fingerprint density at radius 2 is 2.18 bits per heavy atom. The number of hydrogen-bond donors (Lipinski definition) is 0. The van der Waals surface area contributed by atoms with Gasteiger partial charge < -0.3 is 4.79 Å². The molecule has 0 heterocycles. The average molecular weight is 233 g/mol. The Morgan fingerprint density at radius 1 is 1.35 bits per heavy atom. The fourth-order valence-corrected chi connectivity index (χ4v) is 4.04. The maximum Gasteiger partial charge on any atom is 0.123 e. The minimum absolute atomic E-state index is 0.0378. The zero-order valence-corrected chi connectivity index (χ0v) is 10.8. The predicted molar refractivity (Wildman–Crippen MR) is 67.2 cm³/mol. The van der Waals surface area contributed by atoms with Gasteiger partial charge in [0.1, 0.15) is 6.29 Å². The monoisotopic (exact) mass is 233 g/mol. The highest BCUT2D eigenvalue weighted by Gasteiger charge is 2.42. The van der Waals surface area contributed by atoms with Crippen molar-refractivity contribution in [2.75, 3.05) is 0 Å². The fourth-order valence-electron chi connectivity index (χ4n) is 4.04. The second-order valence-corrected chi connectivity index (χ2v) is 6.11. The van der Waals surface area contributed by atoms with Crippen molar-refractivity contribution in [3.05, 3.63) is 0 Å². The molecule has 2 aliphatic carbocycles. The van der Waals surface area contributed by atoms with Gasteiger partial charge in [0, 0.05) is 5.92 Å². The third kappa shape index (κ3) is 2.54. The molecule has 2 unspecified atom stereocenters. The van der Waals surface area contributed by atoms with E-state index in [4.69, 9.17) is 0 Å². The molecule has 2 fully saturated rings. The van der Waals surface area contributed by atoms with Crippen LogP contribution in [0.3, 0.4) is 0 Å². The summed E-state index contributed by atoms with van der Waals surface area (Å²) in [5.41, 5.74) is -0.0378. The van der Waals surface area contributed by atoms with Crippen molar-refractivity contribution in [1.82, 2.24) is 0 Å². The Balaban J connectivity index is 2.01. The summed E-state index contributed by atoms with van der Waals surface area (Å²) in [5, 5.41) is 9.45. The molecular formula is C15H23NO. The van der Waals surface area contributed by atoms with Crippen molar-refractivity contribution >= 4 is 6.29 Å². The molecule has 0 bridgehead atoms. The number of nitriles is 1. The lowest BCUT2D eigenvalue weighted by atomic mass is 9.59. The molecule has 0 spiro atoms. The molecule has 4 atom stereocenters. The van der Waals surface area contributed by atoms with E-state index in [9.17, 15) is 10.1 Å². The van der Waals surface area contributed by atoms with Gasteiger partial charge in [-0.2, -0.15) is 5.26 Å². The summed E-state index contributed by atoms with van der Waals surface area (Å²) in [4.78, 5) is 10.9. The maximum absolute atomic E-state index is 10.9. The van der Waals surface area contributed by atoms with Gasteiger partial charge in [-0.15, -0.1) is 0 Å². The van der Waals surface area contributed by atoms with Gasteiger partial charge in [0.15, 0.2) is 0 Å². The average Bonchev–Trinajstić information content (AvgIpc) is 2.38. The van der Waals surface area contributed by atoms with Gasteiger partial charge in [-0.3, -0.25) is 0 Å². The lowest BCUT2D eigenvalue weighted by Crippen LogP contribution is -2.36. The van der Waals surface area contributed by atoms with E-state index in [1.54, 1.807) is 0 Å². The Bertz CT molecular complexity index is 319. The van der Waals surface area contributed by atoms with Gasteiger partial charge in [0.25, 0.3) is 0 Å². The molecule has 0 amide bonds. The molecule has 0 saturated heterocycles. The minimum atomic E-state index is -0.0378. The van der Waals surface area contributed by atoms with Crippen LogP contribution in [-0.2, 0) is 4.79 Å². The highest BCUT2D eigenvalue weighted by molar-refractivity contribution is 5.53. The van der Waals surface area contributed by atoms with Crippen LogP contribution in [0.4, 0.5) is 0 Å². The number of carbonyl (C=O) groups is 1. The normalized spacial score (nSPS) is 41.3. The van der Waals surface area contributed by atoms with E-state index >= 15 is 0 Å². The first kappa shape index (κ1) is 12.6. The molecule has 0 aliphatic heterocycles. The second kappa shape index (κ2) is 5.21. The van der Waals surface area contributed by atoms with Crippen LogP contribution in [-0.4, -0.2) is 6.29 Å². The van der Waals surface area contributed by atoms with Crippen LogP contribution in [0.2, 0.25) is 0 Å². The minimum Gasteiger partial charge on any atom is -0.303 e. The van der Waals surface area contributed by atoms with Gasteiger partial charge in [-0.1, -0.05) is 13.3 Å². The Hall–Kier alpha value is -0.840. The molecule has 0 aromatic heterocycles. The largest absolute Gasteiger partial charge is 0.303 e. The highest BCUT2D eigenvalue weighted by atomic mass is 16.1. The lowest BCUT2D eigenvalue weighted by molar-refractivity contribution is -0.113. The lowest BCUT2D eigenvalue weighted by Gasteiger charge is -2.44. The van der Waals surface area contributed by atoms with Crippen LogP contribution in [0.5, 0.6) is 0 Å². The van der Waals surface area contributed by atoms with E-state index in [0.29, 0.717) is 11.8 Å². The molecule has 2 aliphatic rings. The van der Waals surface area contributed by atoms with E-state index < -0.39 is 0 Å². The van der Waals surface area contributed by atoms with Gasteiger partial charge in [0.2, 0.25) is 0 Å². The molecule has 2 heteroatoms. The zero-order valence-electron chi connectivity index (χ0n) is 10.8. The molecule has 0 aromatic rings. The Kier molecular flexibility index (Phi) is 3.86. The molecule has 94 valence electrons. The fraction of sp³-hybridized carbons (Fsp3) is 0.867. The van der Waals surface area contributed by atoms with Gasteiger partial charge in [0.05, 0.1) is 11.5 Å². The summed E-state index contributed by atoms with van der Waals surface area (Å²) < 4.78 is 0. The van der Waals surface area contributed by atoms with Crippen molar-refractivity contribution < 1.29 is 4.79 Å². The van der Waals surface area contributed by atoms with Crippen LogP contribution in [0.25, 0.3) is 0 Å². The molecule has 0 N–H and O–H groups in total. The van der Waals surface area contributed by atoms with Crippen LogP contribution in [0.1, 0.15) is 58.3 Å². The Morgan fingerprint density at radius 3 is 2.82 bits per heavy atom. The van der Waals surface area contributed by atoms with Gasteiger partial charge in [-0.05, 0) is 56.8 Å². The van der Waals surface area contributed by atoms with Crippen molar-refractivity contribution in [2.45, 2.75) is 58.3 Å². The summed E-state index contributed by atoms with van der Waals surface area (Å²) in [6, 6.07) is 2.61. The smallest absolute Gasteiger partial charge is 0.123 e. The molecular weight excluding hydrogens is 210 g/mol. The van der Waals surface area contributed by atoms with E-state index in [-0.39, 0.29) is 5.41 Å². The van der Waals surface area contributed by atoms with Crippen molar-refractivity contribution in [3.8, 4) is 6.07 Å². The SMILES string of the molecule is CCC[C@]1(C#N)CC[C@@H]2CC(C=O)CCC2C1. The summed E-state index contributed by atoms with van der Waals surface area (Å²) in [5.74, 6) is 1.74. The van der Waals surface area contributed by atoms with Crippen LogP contribution in [0, 0.1) is 34.5 Å². The van der Waals surface area contributed by atoms with E-state index in [2.05, 4.69) is 13.0 Å². The van der Waals surface area contributed by atoms with Gasteiger partial charge in [-0.25, -0.2) is 0 Å². The molecule has 2 saturated carbocycles. The number of fused-ring (bicyclic) bond motifs is 1. The number of nitrogens with zero attached hydrogens (tertiary/aromatic N) is 1. The van der Waals surface area contributed by atoms with Gasteiger partial charge >= 0.3 is 0 Å². The maximum atomic E-state index is 10.9. The highest BCUT2D eigenvalue weighted by Crippen LogP contribution is 2.50. The summed E-state index contributed by atoms with van der Waals surface area (Å²) in [6.07, 6.45) is 9.95. The number of carbonyl (C=O) groups excluding carboxylic acids is 1. The number of rotatable bonds is 3. The molecule has 2 rings (SSSR count). The first-order chi connectivity index (χ1) is 8.23. The summed E-state index contributed by atoms with van der Waals surface area (Å²) in [6.45, 7) is 2.18. The van der Waals surface area contributed by atoms with E-state index in [1.807, 2.05) is 0 Å².